The van der Waals surface area contributed by atoms with Crippen LogP contribution < -0.4 is 4.74 Å². The second-order valence-electron chi connectivity index (χ2n) is 7.18. The number of hydrogen-bond donors (Lipinski definition) is 0. The molecule has 0 N–H and O–H groups in total. The van der Waals surface area contributed by atoms with Crippen molar-refractivity contribution in [1.82, 2.24) is 20.2 Å². The Morgan fingerprint density at radius 3 is 2.68 bits per heavy atom. The van der Waals surface area contributed by atoms with Crippen LogP contribution in [0.25, 0.3) is 11.4 Å². The van der Waals surface area contributed by atoms with Crippen LogP contribution in [0.4, 0.5) is 0 Å². The number of ether oxygens (including phenoxy) is 1. The lowest BCUT2D eigenvalue weighted by Gasteiger charge is -2.22. The quantitative estimate of drug-likeness (QED) is 0.520. The minimum Gasteiger partial charge on any atom is -0.493 e. The molecule has 1 heterocycles. The third-order valence-corrected chi connectivity index (χ3v) is 6.04. The minimum absolute atomic E-state index is 0.446. The van der Waals surface area contributed by atoms with Crippen molar-refractivity contribution < 1.29 is 4.74 Å². The number of para-hydroxylation sites is 1. The first-order chi connectivity index (χ1) is 13.7. The maximum atomic E-state index is 6.36. The lowest BCUT2D eigenvalue weighted by molar-refractivity contribution is 0.207. The predicted molar refractivity (Wildman–Crippen MR) is 111 cm³/mol. The first kappa shape index (κ1) is 19.2. The molecule has 0 amide bonds. The van der Waals surface area contributed by atoms with Crippen LogP contribution in [0, 0.1) is 5.92 Å². The summed E-state index contributed by atoms with van der Waals surface area (Å²) in [5, 5.41) is 13.1. The van der Waals surface area contributed by atoms with E-state index in [1.54, 1.807) is 10.7 Å². The topological polar surface area (TPSA) is 52.8 Å². The molecule has 28 heavy (non-hydrogen) atoms. The Kier molecular flexibility index (Phi) is 6.13. The monoisotopic (exact) mass is 416 g/mol. The average Bonchev–Trinajstić information content (AvgIpc) is 3.18. The second-order valence-corrected chi connectivity index (χ2v) is 7.97. The third kappa shape index (κ3) is 4.31. The van der Waals surface area contributed by atoms with Gasteiger partial charge in [-0.15, -0.1) is 5.10 Å². The Balaban J connectivity index is 1.54. The third-order valence-electron chi connectivity index (χ3n) is 5.22. The van der Waals surface area contributed by atoms with Gasteiger partial charge in [0.1, 0.15) is 5.75 Å². The summed E-state index contributed by atoms with van der Waals surface area (Å²) in [6.07, 6.45) is 6.48. The molecular formula is C21H22Cl2N4O. The summed E-state index contributed by atoms with van der Waals surface area (Å²) >= 11 is 12.5. The first-order valence-electron chi connectivity index (χ1n) is 9.63. The van der Waals surface area contributed by atoms with E-state index in [1.807, 2.05) is 36.4 Å². The van der Waals surface area contributed by atoms with Crippen LogP contribution in [0.5, 0.6) is 5.75 Å². The molecule has 146 valence electrons. The normalized spacial score (nSPS) is 14.9. The van der Waals surface area contributed by atoms with Crippen molar-refractivity contribution in [2.45, 2.75) is 38.6 Å². The van der Waals surface area contributed by atoms with Crippen molar-refractivity contribution in [2.24, 2.45) is 5.92 Å². The van der Waals surface area contributed by atoms with Crippen molar-refractivity contribution in [2.75, 3.05) is 6.61 Å². The van der Waals surface area contributed by atoms with Crippen LogP contribution in [0.15, 0.2) is 42.5 Å². The number of aromatic nitrogens is 4. The smallest absolute Gasteiger partial charge is 0.183 e. The van der Waals surface area contributed by atoms with Gasteiger partial charge in [0.25, 0.3) is 0 Å². The fraction of sp³-hybridized carbons (Fsp3) is 0.381. The van der Waals surface area contributed by atoms with Gasteiger partial charge >= 0.3 is 0 Å². The standard InChI is InChI=1S/C21H22Cl2N4O/c22-18-11-6-10-17(20(18)23)21-24-25-26-27(21)13-16-9-4-5-12-19(16)28-14-15-7-2-1-3-8-15/h4-6,9-12,15H,1-3,7-8,13-14H2. The van der Waals surface area contributed by atoms with Crippen molar-refractivity contribution in [3.8, 4) is 17.1 Å². The van der Waals surface area contributed by atoms with Gasteiger partial charge in [0.2, 0.25) is 0 Å². The number of tetrazole rings is 1. The maximum Gasteiger partial charge on any atom is 0.183 e. The molecule has 1 aliphatic carbocycles. The van der Waals surface area contributed by atoms with Gasteiger partial charge in [-0.1, -0.05) is 66.7 Å². The molecule has 0 aliphatic heterocycles. The molecule has 0 spiro atoms. The van der Waals surface area contributed by atoms with Crippen LogP contribution in [-0.2, 0) is 6.54 Å². The van der Waals surface area contributed by atoms with Crippen LogP contribution in [-0.4, -0.2) is 26.8 Å². The molecule has 7 heteroatoms. The van der Waals surface area contributed by atoms with Gasteiger partial charge in [0.05, 0.1) is 23.2 Å². The number of benzene rings is 2. The van der Waals surface area contributed by atoms with Crippen molar-refractivity contribution in [3.63, 3.8) is 0 Å². The van der Waals surface area contributed by atoms with Crippen LogP contribution >= 0.6 is 23.2 Å². The van der Waals surface area contributed by atoms with E-state index in [0.717, 1.165) is 17.9 Å². The molecule has 0 radical (unpaired) electrons. The van der Waals surface area contributed by atoms with Crippen molar-refractivity contribution >= 4 is 23.2 Å². The van der Waals surface area contributed by atoms with Gasteiger partial charge < -0.3 is 4.74 Å². The summed E-state index contributed by atoms with van der Waals surface area (Å²) in [4.78, 5) is 0. The Morgan fingerprint density at radius 1 is 1.00 bits per heavy atom. The van der Waals surface area contributed by atoms with E-state index >= 15 is 0 Å². The molecule has 0 unspecified atom stereocenters. The zero-order valence-corrected chi connectivity index (χ0v) is 17.0. The predicted octanol–water partition coefficient (Wildman–Crippen LogP) is 5.65. The number of rotatable bonds is 6. The fourth-order valence-corrected chi connectivity index (χ4v) is 4.06. The average molecular weight is 417 g/mol. The fourth-order valence-electron chi connectivity index (χ4n) is 3.68. The Labute approximate surface area is 174 Å². The molecule has 0 bridgehead atoms. The van der Waals surface area contributed by atoms with E-state index in [2.05, 4.69) is 15.5 Å². The van der Waals surface area contributed by atoms with E-state index in [0.29, 0.717) is 33.9 Å². The van der Waals surface area contributed by atoms with E-state index in [-0.39, 0.29) is 0 Å². The molecule has 0 saturated heterocycles. The molecule has 1 saturated carbocycles. The SMILES string of the molecule is Clc1cccc(-c2nnnn2Cc2ccccc2OCC2CCCCC2)c1Cl. The minimum atomic E-state index is 0.446. The maximum absolute atomic E-state index is 6.36. The lowest BCUT2D eigenvalue weighted by atomic mass is 9.90. The Morgan fingerprint density at radius 2 is 1.82 bits per heavy atom. The zero-order valence-electron chi connectivity index (χ0n) is 15.5. The van der Waals surface area contributed by atoms with Gasteiger partial charge in [-0.25, -0.2) is 4.68 Å². The molecule has 4 rings (SSSR count). The van der Waals surface area contributed by atoms with Gasteiger partial charge in [-0.3, -0.25) is 0 Å². The summed E-state index contributed by atoms with van der Waals surface area (Å²) in [5.74, 6) is 2.11. The molecule has 5 nitrogen and oxygen atoms in total. The largest absolute Gasteiger partial charge is 0.493 e. The van der Waals surface area contributed by atoms with E-state index in [1.165, 1.54) is 32.1 Å². The summed E-state index contributed by atoms with van der Waals surface area (Å²) in [6.45, 7) is 1.26. The van der Waals surface area contributed by atoms with Crippen LogP contribution in [0.3, 0.4) is 0 Å². The molecule has 1 aromatic heterocycles. The molecule has 0 atom stereocenters. The highest BCUT2D eigenvalue weighted by atomic mass is 35.5. The van der Waals surface area contributed by atoms with Crippen LogP contribution in [0.1, 0.15) is 37.7 Å². The second kappa shape index (κ2) is 8.93. The Hall–Kier alpha value is -2.11. The summed E-state index contributed by atoms with van der Waals surface area (Å²) in [6, 6.07) is 13.5. The Bertz CT molecular complexity index is 938. The summed E-state index contributed by atoms with van der Waals surface area (Å²) in [5.41, 5.74) is 1.74. The van der Waals surface area contributed by atoms with Gasteiger partial charge in [0, 0.05) is 11.1 Å². The van der Waals surface area contributed by atoms with Gasteiger partial charge in [0.15, 0.2) is 5.82 Å². The molecule has 3 aromatic rings. The molecule has 1 aliphatic rings. The summed E-state index contributed by atoms with van der Waals surface area (Å²) in [7, 11) is 0. The molecule has 1 fully saturated rings. The highest BCUT2D eigenvalue weighted by molar-refractivity contribution is 6.43. The van der Waals surface area contributed by atoms with Gasteiger partial charge in [-0.05, 0) is 47.4 Å². The zero-order chi connectivity index (χ0) is 19.3. The highest BCUT2D eigenvalue weighted by Crippen LogP contribution is 2.32. The number of hydrogen-bond acceptors (Lipinski definition) is 4. The molecular weight excluding hydrogens is 395 g/mol. The summed E-state index contributed by atoms with van der Waals surface area (Å²) < 4.78 is 7.91. The molecule has 2 aromatic carbocycles. The van der Waals surface area contributed by atoms with E-state index in [9.17, 15) is 0 Å². The van der Waals surface area contributed by atoms with Gasteiger partial charge in [-0.2, -0.15) is 0 Å². The van der Waals surface area contributed by atoms with Crippen LogP contribution in [0.2, 0.25) is 10.0 Å². The van der Waals surface area contributed by atoms with E-state index < -0.39 is 0 Å². The van der Waals surface area contributed by atoms with E-state index in [4.69, 9.17) is 27.9 Å². The highest BCUT2D eigenvalue weighted by Gasteiger charge is 2.17. The lowest BCUT2D eigenvalue weighted by Crippen LogP contribution is -2.16. The van der Waals surface area contributed by atoms with Crippen molar-refractivity contribution in [3.05, 3.63) is 58.1 Å². The van der Waals surface area contributed by atoms with Crippen molar-refractivity contribution in [1.29, 1.82) is 0 Å². The number of halogens is 2. The number of nitrogens with zero attached hydrogens (tertiary/aromatic N) is 4. The first-order valence-corrected chi connectivity index (χ1v) is 10.4.